The summed E-state index contributed by atoms with van der Waals surface area (Å²) in [7, 11) is 0. The van der Waals surface area contributed by atoms with Crippen molar-refractivity contribution in [3.63, 3.8) is 0 Å². The van der Waals surface area contributed by atoms with Gasteiger partial charge in [-0.05, 0) is 119 Å². The Morgan fingerprint density at radius 1 is 0.333 bits per heavy atom. The van der Waals surface area contributed by atoms with E-state index in [1.165, 1.54) is 11.1 Å². The standard InChI is InChI=1S/C46H40N2/c1-5-9-37-15-27-43(28-16-37)47(41-23-11-35(7-3)12-24-41)45-31-19-39(20-32-45)40-21-33-46(34-22-40)48(42-25-13-36(8-4)14-26-42)44-29-17-38(10-6-2)18-30-44/h5-8,11-34H,1-4,9-10H2. The highest BCUT2D eigenvalue weighted by molar-refractivity contribution is 5.81. The molecular formula is C46H40N2. The first-order chi connectivity index (χ1) is 23.6. The topological polar surface area (TPSA) is 6.48 Å². The number of nitrogens with zero attached hydrogens (tertiary/aromatic N) is 2. The second-order valence-corrected chi connectivity index (χ2v) is 11.7. The van der Waals surface area contributed by atoms with Crippen LogP contribution in [0.3, 0.4) is 0 Å². The molecule has 0 amide bonds. The minimum absolute atomic E-state index is 0.850. The molecule has 234 valence electrons. The molecule has 0 unspecified atom stereocenters. The molecule has 2 heteroatoms. The molecule has 0 spiro atoms. The molecule has 0 fully saturated rings. The van der Waals surface area contributed by atoms with E-state index < -0.39 is 0 Å². The molecule has 0 heterocycles. The van der Waals surface area contributed by atoms with Crippen molar-refractivity contribution in [2.24, 2.45) is 0 Å². The summed E-state index contributed by atoms with van der Waals surface area (Å²) in [5.41, 5.74) is 13.5. The molecule has 2 nitrogen and oxygen atoms in total. The van der Waals surface area contributed by atoms with E-state index in [1.54, 1.807) is 0 Å². The van der Waals surface area contributed by atoms with Crippen LogP contribution in [0.15, 0.2) is 184 Å². The summed E-state index contributed by atoms with van der Waals surface area (Å²) in [6, 6.07) is 52.0. The van der Waals surface area contributed by atoms with Crippen molar-refractivity contribution in [1.29, 1.82) is 0 Å². The van der Waals surface area contributed by atoms with Gasteiger partial charge in [-0.2, -0.15) is 0 Å². The Hall–Kier alpha value is -6.12. The fourth-order valence-electron chi connectivity index (χ4n) is 5.91. The SMILES string of the molecule is C=CCc1ccc(N(c2ccc(C=C)cc2)c2ccc(-c3ccc(N(c4ccc(C=C)cc4)c4ccc(CC=C)cc4)cc3)cc2)cc1. The van der Waals surface area contributed by atoms with Crippen LogP contribution in [0.2, 0.25) is 0 Å². The quantitative estimate of drug-likeness (QED) is 0.119. The van der Waals surface area contributed by atoms with Gasteiger partial charge in [0.2, 0.25) is 0 Å². The lowest BCUT2D eigenvalue weighted by molar-refractivity contribution is 1.24. The van der Waals surface area contributed by atoms with Crippen molar-refractivity contribution in [1.82, 2.24) is 0 Å². The predicted molar refractivity (Wildman–Crippen MR) is 209 cm³/mol. The maximum atomic E-state index is 3.92. The van der Waals surface area contributed by atoms with Gasteiger partial charge in [-0.3, -0.25) is 0 Å². The normalized spacial score (nSPS) is 10.6. The monoisotopic (exact) mass is 620 g/mol. The number of allylic oxidation sites excluding steroid dienone is 2. The van der Waals surface area contributed by atoms with E-state index in [9.17, 15) is 0 Å². The third-order valence-corrected chi connectivity index (χ3v) is 8.51. The van der Waals surface area contributed by atoms with Gasteiger partial charge in [0.25, 0.3) is 0 Å². The summed E-state index contributed by atoms with van der Waals surface area (Å²) in [6.45, 7) is 15.6. The predicted octanol–water partition coefficient (Wildman–Crippen LogP) is 13.0. The van der Waals surface area contributed by atoms with E-state index in [0.29, 0.717) is 0 Å². The zero-order valence-corrected chi connectivity index (χ0v) is 27.3. The molecule has 0 atom stereocenters. The van der Waals surface area contributed by atoms with Gasteiger partial charge in [-0.15, -0.1) is 13.2 Å². The zero-order valence-electron chi connectivity index (χ0n) is 27.3. The minimum Gasteiger partial charge on any atom is -0.311 e. The van der Waals surface area contributed by atoms with Gasteiger partial charge in [-0.25, -0.2) is 0 Å². The van der Waals surface area contributed by atoms with Gasteiger partial charge < -0.3 is 9.80 Å². The van der Waals surface area contributed by atoms with Crippen molar-refractivity contribution < 1.29 is 0 Å². The highest BCUT2D eigenvalue weighted by Gasteiger charge is 2.15. The van der Waals surface area contributed by atoms with E-state index in [0.717, 1.165) is 69.2 Å². The highest BCUT2D eigenvalue weighted by atomic mass is 15.1. The summed E-state index contributed by atoms with van der Waals surface area (Å²) in [4.78, 5) is 4.57. The number of hydrogen-bond acceptors (Lipinski definition) is 2. The number of hydrogen-bond donors (Lipinski definition) is 0. The molecule has 0 N–H and O–H groups in total. The summed E-state index contributed by atoms with van der Waals surface area (Å²) in [5.74, 6) is 0. The third-order valence-electron chi connectivity index (χ3n) is 8.51. The fourth-order valence-corrected chi connectivity index (χ4v) is 5.91. The second kappa shape index (κ2) is 15.0. The van der Waals surface area contributed by atoms with Crippen molar-refractivity contribution >= 4 is 46.3 Å². The molecule has 6 aromatic carbocycles. The molecule has 0 bridgehead atoms. The Balaban J connectivity index is 1.31. The van der Waals surface area contributed by atoms with Gasteiger partial charge in [0.05, 0.1) is 0 Å². The van der Waals surface area contributed by atoms with Crippen LogP contribution in [-0.2, 0) is 12.8 Å². The smallest absolute Gasteiger partial charge is 0.0462 e. The van der Waals surface area contributed by atoms with E-state index in [2.05, 4.69) is 182 Å². The molecule has 6 aromatic rings. The Bertz CT molecular complexity index is 1830. The fraction of sp³-hybridized carbons (Fsp3) is 0.0435. The summed E-state index contributed by atoms with van der Waals surface area (Å²) in [6.07, 6.45) is 9.32. The Kier molecular flexibility index (Phi) is 9.94. The third kappa shape index (κ3) is 7.14. The van der Waals surface area contributed by atoms with Crippen molar-refractivity contribution in [2.75, 3.05) is 9.80 Å². The van der Waals surface area contributed by atoms with Crippen molar-refractivity contribution in [3.05, 3.63) is 206 Å². The van der Waals surface area contributed by atoms with Crippen molar-refractivity contribution in [3.8, 4) is 11.1 Å². The largest absolute Gasteiger partial charge is 0.311 e. The number of anilines is 6. The molecule has 6 rings (SSSR count). The van der Waals surface area contributed by atoms with E-state index in [-0.39, 0.29) is 0 Å². The molecule has 0 saturated heterocycles. The van der Waals surface area contributed by atoms with Crippen molar-refractivity contribution in [2.45, 2.75) is 12.8 Å². The molecular weight excluding hydrogens is 581 g/mol. The van der Waals surface area contributed by atoms with Crippen LogP contribution in [0.25, 0.3) is 23.3 Å². The molecule has 0 radical (unpaired) electrons. The Labute approximate surface area is 285 Å². The van der Waals surface area contributed by atoms with Crippen LogP contribution >= 0.6 is 0 Å². The van der Waals surface area contributed by atoms with Gasteiger partial charge in [0, 0.05) is 34.1 Å². The van der Waals surface area contributed by atoms with Crippen LogP contribution in [0.1, 0.15) is 22.3 Å². The van der Waals surface area contributed by atoms with Gasteiger partial charge >= 0.3 is 0 Å². The first-order valence-corrected chi connectivity index (χ1v) is 16.3. The number of rotatable bonds is 13. The maximum Gasteiger partial charge on any atom is 0.0462 e. The van der Waals surface area contributed by atoms with Crippen LogP contribution in [0, 0.1) is 0 Å². The lowest BCUT2D eigenvalue weighted by Gasteiger charge is -2.26. The first kappa shape index (κ1) is 31.8. The van der Waals surface area contributed by atoms with Crippen LogP contribution < -0.4 is 9.80 Å². The molecule has 0 saturated carbocycles. The van der Waals surface area contributed by atoms with Gasteiger partial charge in [0.1, 0.15) is 0 Å². The summed E-state index contributed by atoms with van der Waals surface area (Å²) >= 11 is 0. The summed E-state index contributed by atoms with van der Waals surface area (Å²) < 4.78 is 0. The van der Waals surface area contributed by atoms with E-state index in [1.807, 2.05) is 24.3 Å². The lowest BCUT2D eigenvalue weighted by Crippen LogP contribution is -2.10. The first-order valence-electron chi connectivity index (χ1n) is 16.3. The van der Waals surface area contributed by atoms with Crippen LogP contribution in [0.4, 0.5) is 34.1 Å². The summed E-state index contributed by atoms with van der Waals surface area (Å²) in [5, 5.41) is 0. The van der Waals surface area contributed by atoms with Crippen LogP contribution in [-0.4, -0.2) is 0 Å². The van der Waals surface area contributed by atoms with E-state index >= 15 is 0 Å². The minimum atomic E-state index is 0.850. The molecule has 0 aromatic heterocycles. The van der Waals surface area contributed by atoms with Crippen LogP contribution in [0.5, 0.6) is 0 Å². The molecule has 0 aliphatic rings. The molecule has 0 aliphatic carbocycles. The van der Waals surface area contributed by atoms with Gasteiger partial charge in [0.15, 0.2) is 0 Å². The number of benzene rings is 6. The zero-order chi connectivity index (χ0) is 33.3. The Morgan fingerprint density at radius 2 is 0.583 bits per heavy atom. The maximum absolute atomic E-state index is 3.92. The average molecular weight is 621 g/mol. The average Bonchev–Trinajstić information content (AvgIpc) is 3.15. The molecule has 48 heavy (non-hydrogen) atoms. The highest BCUT2D eigenvalue weighted by Crippen LogP contribution is 2.38. The molecule has 0 aliphatic heterocycles. The second-order valence-electron chi connectivity index (χ2n) is 11.7. The lowest BCUT2D eigenvalue weighted by atomic mass is 10.0. The Morgan fingerprint density at radius 3 is 0.833 bits per heavy atom. The van der Waals surface area contributed by atoms with E-state index in [4.69, 9.17) is 0 Å². The van der Waals surface area contributed by atoms with Gasteiger partial charge in [-0.1, -0.05) is 110 Å².